The summed E-state index contributed by atoms with van der Waals surface area (Å²) in [6.07, 6.45) is 0. The maximum absolute atomic E-state index is 6.41. The third kappa shape index (κ3) is 2.63. The van der Waals surface area contributed by atoms with Crippen LogP contribution in [0.3, 0.4) is 0 Å². The second kappa shape index (κ2) is 6.60. The molecule has 5 aromatic carbocycles. The van der Waals surface area contributed by atoms with E-state index in [0.29, 0.717) is 0 Å². The number of aryl methyl sites for hydroxylation is 1. The van der Waals surface area contributed by atoms with Gasteiger partial charge in [0.1, 0.15) is 11.2 Å². The Kier molecular flexibility index (Phi) is 3.75. The van der Waals surface area contributed by atoms with Crippen molar-refractivity contribution in [3.63, 3.8) is 0 Å². The van der Waals surface area contributed by atoms with Crippen LogP contribution in [0.15, 0.2) is 108 Å². The Morgan fingerprint density at radius 2 is 1.30 bits per heavy atom. The normalized spacial score (nSPS) is 11.5. The lowest BCUT2D eigenvalue weighted by molar-refractivity contribution is 0.670. The molecule has 0 aliphatic carbocycles. The van der Waals surface area contributed by atoms with Gasteiger partial charge in [-0.25, -0.2) is 0 Å². The highest BCUT2D eigenvalue weighted by atomic mass is 16.3. The van der Waals surface area contributed by atoms with E-state index in [-0.39, 0.29) is 0 Å². The molecule has 0 radical (unpaired) electrons. The van der Waals surface area contributed by atoms with Crippen molar-refractivity contribution in [1.29, 1.82) is 0 Å². The quantitative estimate of drug-likeness (QED) is 0.292. The lowest BCUT2D eigenvalue weighted by Crippen LogP contribution is -1.83. The Hall–Kier alpha value is -3.84. The Balaban J connectivity index is 1.60. The Bertz CT molecular complexity index is 1550. The Morgan fingerprint density at radius 3 is 2.20 bits per heavy atom. The number of para-hydroxylation sites is 1. The van der Waals surface area contributed by atoms with Gasteiger partial charge in [0.2, 0.25) is 0 Å². The standard InChI is InChI=1S/C29H20O/c1-19-7-4-9-21(17-19)22-10-5-11-23(18-22)25-13-6-14-26-28-24-12-3-2-8-20(24)15-16-27(28)30-29(25)26/h2-18H,1H3. The molecule has 0 amide bonds. The van der Waals surface area contributed by atoms with Gasteiger partial charge in [0, 0.05) is 16.3 Å². The number of furan rings is 1. The van der Waals surface area contributed by atoms with E-state index in [9.17, 15) is 0 Å². The lowest BCUT2D eigenvalue weighted by Gasteiger charge is -2.07. The van der Waals surface area contributed by atoms with Gasteiger partial charge in [-0.05, 0) is 46.5 Å². The van der Waals surface area contributed by atoms with Crippen LogP contribution in [0.5, 0.6) is 0 Å². The van der Waals surface area contributed by atoms with Gasteiger partial charge in [-0.1, -0.05) is 96.6 Å². The van der Waals surface area contributed by atoms with Crippen molar-refractivity contribution >= 4 is 32.7 Å². The first-order chi connectivity index (χ1) is 14.8. The monoisotopic (exact) mass is 384 g/mol. The SMILES string of the molecule is Cc1cccc(-c2cccc(-c3cccc4c3oc3ccc5ccccc5c34)c2)c1. The minimum absolute atomic E-state index is 0.936. The molecule has 1 heterocycles. The minimum atomic E-state index is 0.936. The van der Waals surface area contributed by atoms with Crippen LogP contribution in [0.25, 0.3) is 55.0 Å². The van der Waals surface area contributed by atoms with Gasteiger partial charge < -0.3 is 4.42 Å². The predicted octanol–water partition coefficient (Wildman–Crippen LogP) is 8.38. The van der Waals surface area contributed by atoms with Gasteiger partial charge in [0.15, 0.2) is 0 Å². The second-order valence-electron chi connectivity index (χ2n) is 7.89. The second-order valence-corrected chi connectivity index (χ2v) is 7.89. The number of fused-ring (bicyclic) bond motifs is 5. The molecule has 0 spiro atoms. The molecule has 1 heteroatoms. The summed E-state index contributed by atoms with van der Waals surface area (Å²) in [5, 5.41) is 4.83. The molecule has 0 aliphatic heterocycles. The third-order valence-electron chi connectivity index (χ3n) is 5.91. The number of benzene rings is 5. The van der Waals surface area contributed by atoms with Crippen molar-refractivity contribution in [3.8, 4) is 22.3 Å². The van der Waals surface area contributed by atoms with Crippen LogP contribution >= 0.6 is 0 Å². The molecule has 0 bridgehead atoms. The lowest BCUT2D eigenvalue weighted by atomic mass is 9.96. The summed E-state index contributed by atoms with van der Waals surface area (Å²) < 4.78 is 6.41. The van der Waals surface area contributed by atoms with Crippen LogP contribution in [-0.4, -0.2) is 0 Å². The molecule has 6 rings (SSSR count). The summed E-state index contributed by atoms with van der Waals surface area (Å²) in [7, 11) is 0. The maximum Gasteiger partial charge on any atom is 0.143 e. The fourth-order valence-electron chi connectivity index (χ4n) is 4.49. The van der Waals surface area contributed by atoms with Crippen molar-refractivity contribution < 1.29 is 4.42 Å². The molecular formula is C29H20O. The molecule has 0 saturated heterocycles. The highest BCUT2D eigenvalue weighted by molar-refractivity contribution is 6.20. The highest BCUT2D eigenvalue weighted by Crippen LogP contribution is 2.39. The van der Waals surface area contributed by atoms with E-state index >= 15 is 0 Å². The molecule has 0 aliphatic rings. The fourth-order valence-corrected chi connectivity index (χ4v) is 4.49. The minimum Gasteiger partial charge on any atom is -0.455 e. The van der Waals surface area contributed by atoms with E-state index in [1.807, 2.05) is 0 Å². The summed E-state index contributed by atoms with van der Waals surface area (Å²) >= 11 is 0. The molecule has 0 atom stereocenters. The number of hydrogen-bond donors (Lipinski definition) is 0. The topological polar surface area (TPSA) is 13.1 Å². The van der Waals surface area contributed by atoms with Gasteiger partial charge in [-0.2, -0.15) is 0 Å². The molecule has 142 valence electrons. The molecule has 0 unspecified atom stereocenters. The van der Waals surface area contributed by atoms with Crippen LogP contribution in [0.4, 0.5) is 0 Å². The Morgan fingerprint density at radius 1 is 0.567 bits per heavy atom. The van der Waals surface area contributed by atoms with E-state index in [1.54, 1.807) is 0 Å². The van der Waals surface area contributed by atoms with E-state index in [0.717, 1.165) is 16.7 Å². The van der Waals surface area contributed by atoms with Gasteiger partial charge in [0.25, 0.3) is 0 Å². The largest absolute Gasteiger partial charge is 0.455 e. The smallest absolute Gasteiger partial charge is 0.143 e. The molecule has 0 fully saturated rings. The summed E-state index contributed by atoms with van der Waals surface area (Å²) in [5.74, 6) is 0. The van der Waals surface area contributed by atoms with Gasteiger partial charge in [-0.3, -0.25) is 0 Å². The van der Waals surface area contributed by atoms with Crippen LogP contribution < -0.4 is 0 Å². The van der Waals surface area contributed by atoms with Crippen LogP contribution in [-0.2, 0) is 0 Å². The summed E-state index contributed by atoms with van der Waals surface area (Å²) in [6.45, 7) is 2.13. The molecule has 30 heavy (non-hydrogen) atoms. The van der Waals surface area contributed by atoms with Crippen LogP contribution in [0.1, 0.15) is 5.56 Å². The number of rotatable bonds is 2. The molecular weight excluding hydrogens is 364 g/mol. The van der Waals surface area contributed by atoms with Crippen molar-refractivity contribution in [2.45, 2.75) is 6.92 Å². The fraction of sp³-hybridized carbons (Fsp3) is 0.0345. The zero-order valence-corrected chi connectivity index (χ0v) is 16.7. The predicted molar refractivity (Wildman–Crippen MR) is 127 cm³/mol. The number of hydrogen-bond acceptors (Lipinski definition) is 1. The van der Waals surface area contributed by atoms with E-state index in [2.05, 4.69) is 110 Å². The van der Waals surface area contributed by atoms with E-state index in [1.165, 1.54) is 43.8 Å². The van der Waals surface area contributed by atoms with E-state index in [4.69, 9.17) is 4.42 Å². The molecule has 0 N–H and O–H groups in total. The summed E-state index contributed by atoms with van der Waals surface area (Å²) in [4.78, 5) is 0. The first-order valence-electron chi connectivity index (χ1n) is 10.3. The maximum atomic E-state index is 6.41. The zero-order chi connectivity index (χ0) is 20.1. The average Bonchev–Trinajstić information content (AvgIpc) is 3.18. The van der Waals surface area contributed by atoms with E-state index < -0.39 is 0 Å². The first kappa shape index (κ1) is 17.1. The van der Waals surface area contributed by atoms with Gasteiger partial charge in [-0.15, -0.1) is 0 Å². The van der Waals surface area contributed by atoms with Crippen molar-refractivity contribution in [1.82, 2.24) is 0 Å². The highest BCUT2D eigenvalue weighted by Gasteiger charge is 2.14. The average molecular weight is 384 g/mol. The summed E-state index contributed by atoms with van der Waals surface area (Å²) in [5.41, 5.74) is 7.90. The van der Waals surface area contributed by atoms with Crippen LogP contribution in [0.2, 0.25) is 0 Å². The summed E-state index contributed by atoms with van der Waals surface area (Å²) in [6, 6.07) is 36.6. The zero-order valence-electron chi connectivity index (χ0n) is 16.7. The molecule has 0 saturated carbocycles. The van der Waals surface area contributed by atoms with Gasteiger partial charge in [0.05, 0.1) is 0 Å². The molecule has 1 aromatic heterocycles. The van der Waals surface area contributed by atoms with Crippen molar-refractivity contribution in [2.75, 3.05) is 0 Å². The van der Waals surface area contributed by atoms with Crippen molar-refractivity contribution in [2.24, 2.45) is 0 Å². The van der Waals surface area contributed by atoms with Crippen LogP contribution in [0, 0.1) is 6.92 Å². The Labute approximate surface area is 175 Å². The van der Waals surface area contributed by atoms with Gasteiger partial charge >= 0.3 is 0 Å². The van der Waals surface area contributed by atoms with Crippen molar-refractivity contribution in [3.05, 3.63) is 109 Å². The molecule has 6 aromatic rings. The molecule has 1 nitrogen and oxygen atoms in total. The third-order valence-corrected chi connectivity index (χ3v) is 5.91. The first-order valence-corrected chi connectivity index (χ1v) is 10.3.